The maximum absolute atomic E-state index is 8.12. The van der Waals surface area contributed by atoms with E-state index in [9.17, 15) is 0 Å². The fourth-order valence-electron chi connectivity index (χ4n) is 0.877. The molecule has 0 aromatic carbocycles. The molecule has 0 aliphatic rings. The molecule has 0 spiro atoms. The SMILES string of the molecule is CC[C@@H](CN=[N+]=[N-])O[Si](C)(C)C. The summed E-state index contributed by atoms with van der Waals surface area (Å²) in [5.41, 5.74) is 8.12. The number of hydrogen-bond acceptors (Lipinski definition) is 2. The van der Waals surface area contributed by atoms with E-state index in [1.54, 1.807) is 0 Å². The third-order valence-corrected chi connectivity index (χ3v) is 2.36. The summed E-state index contributed by atoms with van der Waals surface area (Å²) in [6, 6.07) is 0. The average Bonchev–Trinajstić information content (AvgIpc) is 1.95. The van der Waals surface area contributed by atoms with Crippen LogP contribution in [0.3, 0.4) is 0 Å². The maximum atomic E-state index is 8.12. The standard InChI is InChI=1S/C7H17N3OSi/c1-5-7(6-9-10-8)11-12(2,3)4/h7H,5-6H2,1-4H3/t7-/m0/s1. The molecule has 0 saturated carbocycles. The van der Waals surface area contributed by atoms with Crippen LogP contribution in [0.1, 0.15) is 13.3 Å². The minimum Gasteiger partial charge on any atom is -0.415 e. The second-order valence-electron chi connectivity index (χ2n) is 3.67. The molecule has 0 fully saturated rings. The van der Waals surface area contributed by atoms with Crippen LogP contribution >= 0.6 is 0 Å². The minimum atomic E-state index is -1.47. The van der Waals surface area contributed by atoms with E-state index in [0.717, 1.165) is 6.42 Å². The Hall–Kier alpha value is -0.513. The first-order valence-corrected chi connectivity index (χ1v) is 7.59. The van der Waals surface area contributed by atoms with Gasteiger partial charge in [-0.05, 0) is 31.6 Å². The topological polar surface area (TPSA) is 58.0 Å². The van der Waals surface area contributed by atoms with Crippen molar-refractivity contribution in [2.24, 2.45) is 5.11 Å². The molecule has 0 aliphatic carbocycles. The Kier molecular flexibility index (Phi) is 4.97. The van der Waals surface area contributed by atoms with Crippen LogP contribution in [0.4, 0.5) is 0 Å². The van der Waals surface area contributed by atoms with Gasteiger partial charge in [-0.15, -0.1) is 0 Å². The summed E-state index contributed by atoms with van der Waals surface area (Å²) in [6.07, 6.45) is 1.01. The van der Waals surface area contributed by atoms with Crippen molar-refractivity contribution >= 4 is 8.32 Å². The molecule has 0 aromatic rings. The maximum Gasteiger partial charge on any atom is 0.184 e. The molecule has 0 aromatic heterocycles. The Bertz CT molecular complexity index is 172. The van der Waals surface area contributed by atoms with E-state index in [4.69, 9.17) is 9.96 Å². The molecule has 70 valence electrons. The lowest BCUT2D eigenvalue weighted by atomic mass is 10.3. The molecule has 0 aliphatic heterocycles. The highest BCUT2D eigenvalue weighted by Crippen LogP contribution is 2.10. The van der Waals surface area contributed by atoms with Crippen molar-refractivity contribution in [1.29, 1.82) is 0 Å². The van der Waals surface area contributed by atoms with Crippen LogP contribution in [0.5, 0.6) is 0 Å². The second-order valence-corrected chi connectivity index (χ2v) is 8.13. The Balaban J connectivity index is 3.91. The molecule has 0 heterocycles. The molecular weight excluding hydrogens is 170 g/mol. The molecule has 0 bridgehead atoms. The van der Waals surface area contributed by atoms with Crippen molar-refractivity contribution in [3.05, 3.63) is 10.4 Å². The average molecular weight is 187 g/mol. The van der Waals surface area contributed by atoms with Crippen LogP contribution in [-0.2, 0) is 4.43 Å². The molecule has 0 saturated heterocycles. The lowest BCUT2D eigenvalue weighted by molar-refractivity contribution is 0.198. The quantitative estimate of drug-likeness (QED) is 0.282. The van der Waals surface area contributed by atoms with Crippen molar-refractivity contribution in [3.8, 4) is 0 Å². The highest BCUT2D eigenvalue weighted by atomic mass is 28.4. The number of nitrogens with zero attached hydrogens (tertiary/aromatic N) is 3. The Morgan fingerprint density at radius 1 is 1.50 bits per heavy atom. The summed E-state index contributed by atoms with van der Waals surface area (Å²) in [6.45, 7) is 8.89. The zero-order valence-corrected chi connectivity index (χ0v) is 9.24. The molecule has 1 atom stereocenters. The van der Waals surface area contributed by atoms with Crippen LogP contribution in [0.15, 0.2) is 5.11 Å². The highest BCUT2D eigenvalue weighted by Gasteiger charge is 2.19. The number of rotatable bonds is 5. The molecule has 0 radical (unpaired) electrons. The molecule has 5 heteroatoms. The van der Waals surface area contributed by atoms with Gasteiger partial charge in [-0.3, -0.25) is 0 Å². The normalized spacial score (nSPS) is 13.7. The smallest absolute Gasteiger partial charge is 0.184 e. The van der Waals surface area contributed by atoms with E-state index in [1.807, 2.05) is 6.92 Å². The summed E-state index contributed by atoms with van der Waals surface area (Å²) in [5.74, 6) is 0. The van der Waals surface area contributed by atoms with E-state index < -0.39 is 8.32 Å². The summed E-state index contributed by atoms with van der Waals surface area (Å²) in [4.78, 5) is 2.71. The molecule has 0 rings (SSSR count). The lowest BCUT2D eigenvalue weighted by Crippen LogP contribution is -2.33. The molecular formula is C7H17N3OSi. The van der Waals surface area contributed by atoms with Crippen LogP contribution < -0.4 is 0 Å². The predicted octanol–water partition coefficient (Wildman–Crippen LogP) is 2.93. The largest absolute Gasteiger partial charge is 0.415 e. The third-order valence-electron chi connectivity index (χ3n) is 1.32. The fraction of sp³-hybridized carbons (Fsp3) is 1.00. The van der Waals surface area contributed by atoms with Crippen LogP contribution in [-0.4, -0.2) is 21.0 Å². The van der Waals surface area contributed by atoms with E-state index in [1.165, 1.54) is 0 Å². The van der Waals surface area contributed by atoms with Gasteiger partial charge < -0.3 is 4.43 Å². The van der Waals surface area contributed by atoms with Crippen molar-refractivity contribution in [1.82, 2.24) is 0 Å². The van der Waals surface area contributed by atoms with Gasteiger partial charge in [-0.2, -0.15) is 0 Å². The summed E-state index contributed by atoms with van der Waals surface area (Å²) in [7, 11) is -1.47. The number of azide groups is 1. The van der Waals surface area contributed by atoms with Gasteiger partial charge in [0.25, 0.3) is 0 Å². The van der Waals surface area contributed by atoms with Crippen LogP contribution in [0.2, 0.25) is 19.6 Å². The monoisotopic (exact) mass is 187 g/mol. The van der Waals surface area contributed by atoms with Gasteiger partial charge in [0, 0.05) is 4.91 Å². The van der Waals surface area contributed by atoms with Crippen LogP contribution in [0.25, 0.3) is 10.4 Å². The van der Waals surface area contributed by atoms with E-state index in [0.29, 0.717) is 6.54 Å². The van der Waals surface area contributed by atoms with Gasteiger partial charge >= 0.3 is 0 Å². The Labute approximate surface area is 74.7 Å². The zero-order valence-electron chi connectivity index (χ0n) is 8.24. The molecule has 0 amide bonds. The first kappa shape index (κ1) is 11.5. The lowest BCUT2D eigenvalue weighted by Gasteiger charge is -2.24. The third kappa shape index (κ3) is 6.21. The summed E-state index contributed by atoms with van der Waals surface area (Å²) < 4.78 is 5.76. The molecule has 0 unspecified atom stereocenters. The van der Waals surface area contributed by atoms with Gasteiger partial charge in [0.05, 0.1) is 12.6 Å². The highest BCUT2D eigenvalue weighted by molar-refractivity contribution is 6.69. The van der Waals surface area contributed by atoms with Gasteiger partial charge in [-0.1, -0.05) is 12.0 Å². The fourth-order valence-corrected chi connectivity index (χ4v) is 2.12. The van der Waals surface area contributed by atoms with Crippen molar-refractivity contribution < 1.29 is 4.43 Å². The zero-order chi connectivity index (χ0) is 9.61. The van der Waals surface area contributed by atoms with Crippen molar-refractivity contribution in [2.75, 3.05) is 6.54 Å². The molecule has 12 heavy (non-hydrogen) atoms. The minimum absolute atomic E-state index is 0.104. The summed E-state index contributed by atoms with van der Waals surface area (Å²) >= 11 is 0. The van der Waals surface area contributed by atoms with Crippen molar-refractivity contribution in [3.63, 3.8) is 0 Å². The first-order valence-electron chi connectivity index (χ1n) is 4.18. The second kappa shape index (κ2) is 5.19. The Morgan fingerprint density at radius 3 is 2.42 bits per heavy atom. The predicted molar refractivity (Wildman–Crippen MR) is 52.5 cm³/mol. The number of hydrogen-bond donors (Lipinski definition) is 0. The van der Waals surface area contributed by atoms with Gasteiger partial charge in [0.15, 0.2) is 8.32 Å². The van der Waals surface area contributed by atoms with Gasteiger partial charge in [-0.25, -0.2) is 0 Å². The van der Waals surface area contributed by atoms with Crippen molar-refractivity contribution in [2.45, 2.75) is 39.1 Å². The van der Waals surface area contributed by atoms with Crippen LogP contribution in [0, 0.1) is 0 Å². The van der Waals surface area contributed by atoms with E-state index in [-0.39, 0.29) is 6.10 Å². The summed E-state index contributed by atoms with van der Waals surface area (Å²) in [5, 5.41) is 3.50. The van der Waals surface area contributed by atoms with Gasteiger partial charge in [0.2, 0.25) is 0 Å². The van der Waals surface area contributed by atoms with E-state index in [2.05, 4.69) is 29.7 Å². The molecule has 4 nitrogen and oxygen atoms in total. The first-order chi connectivity index (χ1) is 5.49. The Morgan fingerprint density at radius 2 is 2.08 bits per heavy atom. The van der Waals surface area contributed by atoms with Gasteiger partial charge in [0.1, 0.15) is 0 Å². The van der Waals surface area contributed by atoms with E-state index >= 15 is 0 Å². The molecule has 0 N–H and O–H groups in total.